The Hall–Kier alpha value is -1.35. The molecule has 1 aromatic carbocycles. The maximum absolute atomic E-state index is 12.5. The van der Waals surface area contributed by atoms with E-state index in [0.29, 0.717) is 5.92 Å². The van der Waals surface area contributed by atoms with Crippen molar-refractivity contribution in [2.24, 2.45) is 5.92 Å². The van der Waals surface area contributed by atoms with Crippen LogP contribution in [0, 0.1) is 5.92 Å². The molecule has 1 N–H and O–H groups in total. The number of nitrogens with one attached hydrogen (secondary N) is 1. The summed E-state index contributed by atoms with van der Waals surface area (Å²) in [7, 11) is 0. The Morgan fingerprint density at radius 1 is 1.15 bits per heavy atom. The van der Waals surface area contributed by atoms with Crippen LogP contribution in [-0.2, 0) is 11.2 Å². The van der Waals surface area contributed by atoms with E-state index in [0.717, 1.165) is 38.2 Å². The largest absolute Gasteiger partial charge is 0.340 e. The molecule has 1 amide bonds. The van der Waals surface area contributed by atoms with Gasteiger partial charge in [0.25, 0.3) is 0 Å². The van der Waals surface area contributed by atoms with Crippen LogP contribution in [0.4, 0.5) is 0 Å². The van der Waals surface area contributed by atoms with Gasteiger partial charge in [-0.2, -0.15) is 0 Å². The van der Waals surface area contributed by atoms with E-state index >= 15 is 0 Å². The third kappa shape index (κ3) is 3.83. The second kappa shape index (κ2) is 6.89. The molecule has 110 valence electrons. The lowest BCUT2D eigenvalue weighted by Crippen LogP contribution is -2.47. The average molecular weight is 274 g/mol. The van der Waals surface area contributed by atoms with Crippen molar-refractivity contribution in [3.63, 3.8) is 0 Å². The quantitative estimate of drug-likeness (QED) is 0.914. The topological polar surface area (TPSA) is 32.3 Å². The van der Waals surface area contributed by atoms with Crippen LogP contribution >= 0.6 is 0 Å². The molecular weight excluding hydrogens is 248 g/mol. The van der Waals surface area contributed by atoms with Crippen LogP contribution in [0.2, 0.25) is 0 Å². The van der Waals surface area contributed by atoms with Gasteiger partial charge in [-0.3, -0.25) is 4.79 Å². The summed E-state index contributed by atoms with van der Waals surface area (Å²) in [5, 5.41) is 3.28. The first-order valence-electron chi connectivity index (χ1n) is 7.66. The number of carbonyl (C=O) groups excluding carboxylic acids is 1. The predicted molar refractivity (Wildman–Crippen MR) is 82.8 cm³/mol. The Bertz CT molecular complexity index is 433. The standard InChI is InChI=1S/C17H26N2O/c1-13(2)12-15-4-6-16(7-5-15)14(3)17(20)19-10-8-18-9-11-19/h4-7,13-14,18H,8-12H2,1-3H3/t14-/m0/s1. The number of hydrogen-bond acceptors (Lipinski definition) is 2. The second-order valence-corrected chi connectivity index (χ2v) is 6.14. The SMILES string of the molecule is CC(C)Cc1ccc([C@H](C)C(=O)N2CCNCC2)cc1. The first kappa shape index (κ1) is 15.0. The number of carbonyl (C=O) groups is 1. The van der Waals surface area contributed by atoms with Crippen molar-refractivity contribution in [2.45, 2.75) is 33.1 Å². The summed E-state index contributed by atoms with van der Waals surface area (Å²) < 4.78 is 0. The van der Waals surface area contributed by atoms with Gasteiger partial charge in [0.05, 0.1) is 5.92 Å². The van der Waals surface area contributed by atoms with Crippen LogP contribution in [0.5, 0.6) is 0 Å². The summed E-state index contributed by atoms with van der Waals surface area (Å²) in [5.41, 5.74) is 2.48. The summed E-state index contributed by atoms with van der Waals surface area (Å²) >= 11 is 0. The maximum atomic E-state index is 12.5. The van der Waals surface area contributed by atoms with E-state index in [4.69, 9.17) is 0 Å². The molecule has 0 bridgehead atoms. The smallest absolute Gasteiger partial charge is 0.229 e. The molecule has 3 nitrogen and oxygen atoms in total. The molecule has 3 heteroatoms. The zero-order valence-corrected chi connectivity index (χ0v) is 12.9. The Labute approximate surface area is 122 Å². The van der Waals surface area contributed by atoms with Crippen LogP contribution in [0.25, 0.3) is 0 Å². The first-order valence-corrected chi connectivity index (χ1v) is 7.66. The lowest BCUT2D eigenvalue weighted by molar-refractivity contribution is -0.133. The number of hydrogen-bond donors (Lipinski definition) is 1. The number of amides is 1. The van der Waals surface area contributed by atoms with Crippen molar-refractivity contribution < 1.29 is 4.79 Å². The van der Waals surface area contributed by atoms with Crippen molar-refractivity contribution in [1.29, 1.82) is 0 Å². The minimum Gasteiger partial charge on any atom is -0.340 e. The molecule has 1 aromatic rings. The monoisotopic (exact) mass is 274 g/mol. The maximum Gasteiger partial charge on any atom is 0.229 e. The van der Waals surface area contributed by atoms with E-state index in [9.17, 15) is 4.79 Å². The van der Waals surface area contributed by atoms with E-state index in [1.807, 2.05) is 11.8 Å². The molecule has 0 unspecified atom stereocenters. The molecule has 20 heavy (non-hydrogen) atoms. The molecule has 1 heterocycles. The van der Waals surface area contributed by atoms with Gasteiger partial charge >= 0.3 is 0 Å². The molecule has 1 fully saturated rings. The van der Waals surface area contributed by atoms with E-state index in [2.05, 4.69) is 43.4 Å². The first-order chi connectivity index (χ1) is 9.58. The van der Waals surface area contributed by atoms with Crippen LogP contribution < -0.4 is 5.32 Å². The molecular formula is C17H26N2O. The molecule has 2 rings (SSSR count). The predicted octanol–water partition coefficient (Wildman–Crippen LogP) is 2.42. The Kier molecular flexibility index (Phi) is 5.18. The van der Waals surface area contributed by atoms with Gasteiger partial charge in [-0.1, -0.05) is 38.1 Å². The van der Waals surface area contributed by atoms with E-state index in [-0.39, 0.29) is 11.8 Å². The van der Waals surface area contributed by atoms with Crippen LogP contribution in [0.15, 0.2) is 24.3 Å². The molecule has 0 aliphatic carbocycles. The third-order valence-electron chi connectivity index (χ3n) is 3.92. The molecule has 0 aromatic heterocycles. The Balaban J connectivity index is 2.00. The van der Waals surface area contributed by atoms with Gasteiger partial charge in [-0.05, 0) is 30.4 Å². The molecule has 1 aliphatic heterocycles. The lowest BCUT2D eigenvalue weighted by Gasteiger charge is -2.30. The fourth-order valence-corrected chi connectivity index (χ4v) is 2.72. The highest BCUT2D eigenvalue weighted by Crippen LogP contribution is 2.20. The van der Waals surface area contributed by atoms with Gasteiger partial charge in [-0.25, -0.2) is 0 Å². The molecule has 1 saturated heterocycles. The van der Waals surface area contributed by atoms with Gasteiger partial charge in [0.1, 0.15) is 0 Å². The fraction of sp³-hybridized carbons (Fsp3) is 0.588. The van der Waals surface area contributed by atoms with E-state index in [1.165, 1.54) is 5.56 Å². The summed E-state index contributed by atoms with van der Waals surface area (Å²) in [5.74, 6) is 0.880. The molecule has 1 atom stereocenters. The highest BCUT2D eigenvalue weighted by atomic mass is 16.2. The van der Waals surface area contributed by atoms with Crippen LogP contribution in [0.3, 0.4) is 0 Å². The molecule has 0 spiro atoms. The second-order valence-electron chi connectivity index (χ2n) is 6.14. The van der Waals surface area contributed by atoms with Gasteiger partial charge in [-0.15, -0.1) is 0 Å². The number of piperazine rings is 1. The van der Waals surface area contributed by atoms with Crippen LogP contribution in [0.1, 0.15) is 37.8 Å². The number of nitrogens with zero attached hydrogens (tertiary/aromatic N) is 1. The van der Waals surface area contributed by atoms with E-state index in [1.54, 1.807) is 0 Å². The normalized spacial score (nSPS) is 17.3. The summed E-state index contributed by atoms with van der Waals surface area (Å²) in [6.07, 6.45) is 1.10. The number of rotatable bonds is 4. The summed E-state index contributed by atoms with van der Waals surface area (Å²) in [6.45, 7) is 9.94. The van der Waals surface area contributed by atoms with Crippen molar-refractivity contribution in [2.75, 3.05) is 26.2 Å². The minimum atomic E-state index is -0.0406. The Morgan fingerprint density at radius 2 is 1.75 bits per heavy atom. The van der Waals surface area contributed by atoms with Gasteiger partial charge in [0.2, 0.25) is 5.91 Å². The number of benzene rings is 1. The van der Waals surface area contributed by atoms with Gasteiger partial charge in [0.15, 0.2) is 0 Å². The zero-order valence-electron chi connectivity index (χ0n) is 12.9. The van der Waals surface area contributed by atoms with Crippen molar-refractivity contribution in [3.8, 4) is 0 Å². The third-order valence-corrected chi connectivity index (χ3v) is 3.92. The average Bonchev–Trinajstić information content (AvgIpc) is 2.47. The molecule has 1 aliphatic rings. The van der Waals surface area contributed by atoms with Crippen molar-refractivity contribution in [1.82, 2.24) is 10.2 Å². The van der Waals surface area contributed by atoms with Crippen LogP contribution in [-0.4, -0.2) is 37.0 Å². The fourth-order valence-electron chi connectivity index (χ4n) is 2.72. The zero-order chi connectivity index (χ0) is 14.5. The Morgan fingerprint density at radius 3 is 2.30 bits per heavy atom. The molecule has 0 radical (unpaired) electrons. The lowest BCUT2D eigenvalue weighted by atomic mass is 9.96. The van der Waals surface area contributed by atoms with Gasteiger partial charge in [0, 0.05) is 26.2 Å². The van der Waals surface area contributed by atoms with Gasteiger partial charge < -0.3 is 10.2 Å². The summed E-state index contributed by atoms with van der Waals surface area (Å²) in [6, 6.07) is 8.55. The van der Waals surface area contributed by atoms with Crippen molar-refractivity contribution in [3.05, 3.63) is 35.4 Å². The highest BCUT2D eigenvalue weighted by molar-refractivity contribution is 5.83. The van der Waals surface area contributed by atoms with Crippen molar-refractivity contribution >= 4 is 5.91 Å². The minimum absolute atomic E-state index is 0.0406. The highest BCUT2D eigenvalue weighted by Gasteiger charge is 2.22. The molecule has 0 saturated carbocycles. The summed E-state index contributed by atoms with van der Waals surface area (Å²) in [4.78, 5) is 14.4. The van der Waals surface area contributed by atoms with E-state index < -0.39 is 0 Å².